The van der Waals surface area contributed by atoms with Gasteiger partial charge in [-0.25, -0.2) is 13.4 Å². The number of sulfone groups is 1. The molecule has 12 heteroatoms. The third-order valence-electron chi connectivity index (χ3n) is 6.16. The van der Waals surface area contributed by atoms with Gasteiger partial charge in [-0.15, -0.1) is 0 Å². The molecule has 0 saturated carbocycles. The van der Waals surface area contributed by atoms with E-state index in [1.807, 2.05) is 12.1 Å². The molecule has 3 aromatic carbocycles. The summed E-state index contributed by atoms with van der Waals surface area (Å²) in [6.45, 7) is 2.45. The van der Waals surface area contributed by atoms with Crippen molar-refractivity contribution < 1.29 is 22.6 Å². The summed E-state index contributed by atoms with van der Waals surface area (Å²) in [5.41, 5.74) is 20.8. The van der Waals surface area contributed by atoms with E-state index in [0.29, 0.717) is 47.3 Å². The predicted octanol–water partition coefficient (Wildman–Crippen LogP) is 3.46. The maximum Gasteiger partial charge on any atom is 0.221 e. The minimum absolute atomic E-state index is 0.114. The Labute approximate surface area is 233 Å². The van der Waals surface area contributed by atoms with E-state index in [2.05, 4.69) is 15.3 Å². The fourth-order valence-corrected chi connectivity index (χ4v) is 5.65. The summed E-state index contributed by atoms with van der Waals surface area (Å²) in [7, 11) is -0.568. The molecule has 0 atom stereocenters. The number of benzene rings is 3. The standard InChI is InChI=1S/C28H32N6O5S/c1-17-12-20(29)4-9-25(17)40(35,36)22-7-5-21(6-8-22)32-10-11-39-26-23(37-2)14-18(15-24(26)38-3)13-19-16-33-28(31)34-27(19)30/h4-9,12,14-16,32H,10-11,13,29H2,1-3H3,(H4,30,31,33,34). The van der Waals surface area contributed by atoms with E-state index in [1.165, 1.54) is 6.07 Å². The molecule has 1 aromatic heterocycles. The first kappa shape index (κ1) is 28.3. The summed E-state index contributed by atoms with van der Waals surface area (Å²) in [5, 5.41) is 3.23. The van der Waals surface area contributed by atoms with Crippen LogP contribution >= 0.6 is 0 Å². The molecule has 0 radical (unpaired) electrons. The topological polar surface area (TPSA) is 178 Å². The molecule has 0 bridgehead atoms. The first-order chi connectivity index (χ1) is 19.1. The zero-order valence-corrected chi connectivity index (χ0v) is 23.3. The van der Waals surface area contributed by atoms with E-state index >= 15 is 0 Å². The fourth-order valence-electron chi connectivity index (χ4n) is 4.17. The minimum Gasteiger partial charge on any atom is -0.493 e. The zero-order valence-electron chi connectivity index (χ0n) is 22.5. The molecule has 210 valence electrons. The van der Waals surface area contributed by atoms with E-state index in [9.17, 15) is 8.42 Å². The van der Waals surface area contributed by atoms with Crippen LogP contribution in [0.1, 0.15) is 16.7 Å². The van der Waals surface area contributed by atoms with E-state index in [1.54, 1.807) is 63.7 Å². The minimum atomic E-state index is -3.66. The number of hydrogen-bond acceptors (Lipinski definition) is 11. The molecule has 1 heterocycles. The van der Waals surface area contributed by atoms with Gasteiger partial charge in [-0.05, 0) is 72.6 Å². The van der Waals surface area contributed by atoms with Crippen molar-refractivity contribution in [3.8, 4) is 17.2 Å². The van der Waals surface area contributed by atoms with Gasteiger partial charge in [0, 0.05) is 36.1 Å². The fraction of sp³-hybridized carbons (Fsp3) is 0.214. The normalized spacial score (nSPS) is 11.2. The van der Waals surface area contributed by atoms with Gasteiger partial charge in [-0.1, -0.05) is 0 Å². The number of aryl methyl sites for hydroxylation is 1. The summed E-state index contributed by atoms with van der Waals surface area (Å²) in [4.78, 5) is 8.44. The Balaban J connectivity index is 1.40. The second-order valence-corrected chi connectivity index (χ2v) is 10.9. The molecule has 4 rings (SSSR count). The monoisotopic (exact) mass is 564 g/mol. The van der Waals surface area contributed by atoms with Gasteiger partial charge in [0.2, 0.25) is 21.5 Å². The molecule has 0 aliphatic rings. The highest BCUT2D eigenvalue weighted by molar-refractivity contribution is 7.91. The second-order valence-electron chi connectivity index (χ2n) is 8.97. The van der Waals surface area contributed by atoms with E-state index in [4.69, 9.17) is 31.4 Å². The molecule has 7 N–H and O–H groups in total. The van der Waals surface area contributed by atoms with Crippen LogP contribution in [0.4, 0.5) is 23.1 Å². The first-order valence-electron chi connectivity index (χ1n) is 12.3. The SMILES string of the molecule is COc1cc(Cc2cnc(N)nc2N)cc(OC)c1OCCNc1ccc(S(=O)(=O)c2ccc(N)cc2C)cc1. The number of rotatable bonds is 11. The maximum absolute atomic E-state index is 13.0. The molecule has 0 unspecified atom stereocenters. The molecule has 0 amide bonds. The largest absolute Gasteiger partial charge is 0.493 e. The van der Waals surface area contributed by atoms with Crippen molar-refractivity contribution in [2.75, 3.05) is 49.9 Å². The van der Waals surface area contributed by atoms with Crippen molar-refractivity contribution in [1.82, 2.24) is 9.97 Å². The van der Waals surface area contributed by atoms with Crippen LogP contribution in [0.2, 0.25) is 0 Å². The van der Waals surface area contributed by atoms with Crippen molar-refractivity contribution in [1.29, 1.82) is 0 Å². The third kappa shape index (κ3) is 6.29. The Kier molecular flexibility index (Phi) is 8.49. The molecular formula is C28H32N6O5S. The summed E-state index contributed by atoms with van der Waals surface area (Å²) < 4.78 is 43.2. The molecule has 0 aliphatic heterocycles. The molecule has 40 heavy (non-hydrogen) atoms. The molecular weight excluding hydrogens is 532 g/mol. The Morgan fingerprint density at radius 3 is 2.20 bits per heavy atom. The van der Waals surface area contributed by atoms with Crippen molar-refractivity contribution >= 4 is 33.0 Å². The van der Waals surface area contributed by atoms with Gasteiger partial charge in [-0.3, -0.25) is 0 Å². The smallest absolute Gasteiger partial charge is 0.221 e. The molecule has 11 nitrogen and oxygen atoms in total. The van der Waals surface area contributed by atoms with Crippen LogP contribution in [0, 0.1) is 6.92 Å². The zero-order chi connectivity index (χ0) is 28.9. The predicted molar refractivity (Wildman–Crippen MR) is 155 cm³/mol. The van der Waals surface area contributed by atoms with Crippen LogP contribution in [0.5, 0.6) is 17.2 Å². The number of nitrogens with one attached hydrogen (secondary N) is 1. The molecule has 4 aromatic rings. The number of hydrogen-bond donors (Lipinski definition) is 4. The highest BCUT2D eigenvalue weighted by Gasteiger charge is 2.20. The summed E-state index contributed by atoms with van der Waals surface area (Å²) in [6, 6.07) is 15.0. The highest BCUT2D eigenvalue weighted by atomic mass is 32.2. The number of nitrogens with two attached hydrogens (primary N) is 3. The Bertz CT molecular complexity index is 1590. The summed E-state index contributed by atoms with van der Waals surface area (Å²) >= 11 is 0. The molecule has 0 aliphatic carbocycles. The lowest BCUT2D eigenvalue weighted by molar-refractivity contribution is 0.284. The van der Waals surface area contributed by atoms with Gasteiger partial charge >= 0.3 is 0 Å². The molecule has 0 spiro atoms. The van der Waals surface area contributed by atoms with Gasteiger partial charge < -0.3 is 36.7 Å². The Morgan fingerprint density at radius 1 is 0.925 bits per heavy atom. The first-order valence-corrected chi connectivity index (χ1v) is 13.8. The third-order valence-corrected chi connectivity index (χ3v) is 8.09. The van der Waals surface area contributed by atoms with Gasteiger partial charge in [0.25, 0.3) is 0 Å². The van der Waals surface area contributed by atoms with Crippen molar-refractivity contribution in [3.63, 3.8) is 0 Å². The van der Waals surface area contributed by atoms with Gasteiger partial charge in [-0.2, -0.15) is 4.98 Å². The van der Waals surface area contributed by atoms with Crippen molar-refractivity contribution in [2.24, 2.45) is 0 Å². The quantitative estimate of drug-likeness (QED) is 0.155. The van der Waals surface area contributed by atoms with Crippen LogP contribution < -0.4 is 36.7 Å². The van der Waals surface area contributed by atoms with Crippen LogP contribution in [-0.2, 0) is 16.3 Å². The van der Waals surface area contributed by atoms with Crippen LogP contribution in [0.25, 0.3) is 0 Å². The van der Waals surface area contributed by atoms with Crippen LogP contribution in [0.15, 0.2) is 70.6 Å². The number of nitrogens with zero attached hydrogens (tertiary/aromatic N) is 2. The summed E-state index contributed by atoms with van der Waals surface area (Å²) in [6.07, 6.45) is 2.04. The maximum atomic E-state index is 13.0. The van der Waals surface area contributed by atoms with Gasteiger partial charge in [0.15, 0.2) is 11.5 Å². The Hall–Kier alpha value is -4.71. The van der Waals surface area contributed by atoms with E-state index in [0.717, 1.165) is 16.8 Å². The lowest BCUT2D eigenvalue weighted by Crippen LogP contribution is -2.13. The van der Waals surface area contributed by atoms with E-state index in [-0.39, 0.29) is 22.3 Å². The molecule has 0 saturated heterocycles. The lowest BCUT2D eigenvalue weighted by Gasteiger charge is -2.17. The van der Waals surface area contributed by atoms with Crippen molar-refractivity contribution in [3.05, 3.63) is 77.5 Å². The number of methoxy groups -OCH3 is 2. The number of anilines is 4. The van der Waals surface area contributed by atoms with Gasteiger partial charge in [0.1, 0.15) is 12.4 Å². The average Bonchev–Trinajstić information content (AvgIpc) is 2.92. The van der Waals surface area contributed by atoms with Crippen molar-refractivity contribution in [2.45, 2.75) is 23.1 Å². The van der Waals surface area contributed by atoms with Crippen LogP contribution in [-0.4, -0.2) is 45.8 Å². The number of nitrogen functional groups attached to an aromatic ring is 3. The van der Waals surface area contributed by atoms with Gasteiger partial charge in [0.05, 0.1) is 24.0 Å². The average molecular weight is 565 g/mol. The number of ether oxygens (including phenoxy) is 3. The lowest BCUT2D eigenvalue weighted by atomic mass is 10.1. The van der Waals surface area contributed by atoms with Crippen LogP contribution in [0.3, 0.4) is 0 Å². The molecule has 0 fully saturated rings. The second kappa shape index (κ2) is 12.0. The highest BCUT2D eigenvalue weighted by Crippen LogP contribution is 2.39. The number of aromatic nitrogens is 2. The summed E-state index contributed by atoms with van der Waals surface area (Å²) in [5.74, 6) is 1.87. The Morgan fingerprint density at radius 2 is 1.60 bits per heavy atom. The van der Waals surface area contributed by atoms with E-state index < -0.39 is 9.84 Å².